The summed E-state index contributed by atoms with van der Waals surface area (Å²) in [6.07, 6.45) is 2.74. The van der Waals surface area contributed by atoms with E-state index >= 15 is 0 Å². The van der Waals surface area contributed by atoms with Gasteiger partial charge in [0.15, 0.2) is 0 Å². The van der Waals surface area contributed by atoms with Crippen LogP contribution in [0.1, 0.15) is 43.2 Å². The highest BCUT2D eigenvalue weighted by molar-refractivity contribution is 7.99. The Morgan fingerprint density at radius 3 is 2.67 bits per heavy atom. The first-order valence-electron chi connectivity index (χ1n) is 7.28. The SMILES string of the molecule is CCCNC(C)c1cc(F)c(C)cc1Sc1ccoc1C. The minimum Gasteiger partial charge on any atom is -0.468 e. The monoisotopic (exact) mass is 307 g/mol. The van der Waals surface area contributed by atoms with E-state index in [1.54, 1.807) is 31.0 Å². The normalized spacial score (nSPS) is 12.6. The molecule has 1 N–H and O–H groups in total. The molecule has 0 amide bonds. The third-order valence-electron chi connectivity index (χ3n) is 3.49. The molecule has 1 aromatic heterocycles. The Hall–Kier alpha value is -1.26. The Morgan fingerprint density at radius 2 is 2.05 bits per heavy atom. The first kappa shape index (κ1) is 16.1. The molecule has 1 atom stereocenters. The number of furan rings is 1. The van der Waals surface area contributed by atoms with Gasteiger partial charge in [0.2, 0.25) is 0 Å². The van der Waals surface area contributed by atoms with E-state index in [0.29, 0.717) is 5.56 Å². The van der Waals surface area contributed by atoms with Crippen molar-refractivity contribution in [2.75, 3.05) is 6.54 Å². The van der Waals surface area contributed by atoms with Crippen LogP contribution in [0.5, 0.6) is 0 Å². The second kappa shape index (κ2) is 7.14. The predicted octanol–water partition coefficient (Wildman–Crippen LogP) is 5.25. The molecule has 0 aliphatic rings. The van der Waals surface area contributed by atoms with Crippen molar-refractivity contribution < 1.29 is 8.81 Å². The van der Waals surface area contributed by atoms with Crippen molar-refractivity contribution in [1.29, 1.82) is 0 Å². The fourth-order valence-electron chi connectivity index (χ4n) is 2.17. The lowest BCUT2D eigenvalue weighted by Crippen LogP contribution is -2.20. The molecule has 0 bridgehead atoms. The highest BCUT2D eigenvalue weighted by Crippen LogP contribution is 2.36. The second-order valence-corrected chi connectivity index (χ2v) is 6.34. The quantitative estimate of drug-likeness (QED) is 0.789. The van der Waals surface area contributed by atoms with Gasteiger partial charge in [0.1, 0.15) is 11.6 Å². The van der Waals surface area contributed by atoms with Crippen molar-refractivity contribution in [3.8, 4) is 0 Å². The lowest BCUT2D eigenvalue weighted by Gasteiger charge is -2.18. The maximum absolute atomic E-state index is 13.9. The summed E-state index contributed by atoms with van der Waals surface area (Å²) in [5.74, 6) is 0.741. The highest BCUT2D eigenvalue weighted by atomic mass is 32.2. The largest absolute Gasteiger partial charge is 0.468 e. The van der Waals surface area contributed by atoms with Crippen LogP contribution in [0, 0.1) is 19.7 Å². The Morgan fingerprint density at radius 1 is 1.29 bits per heavy atom. The average Bonchev–Trinajstić information content (AvgIpc) is 2.85. The van der Waals surface area contributed by atoms with Gasteiger partial charge in [-0.15, -0.1) is 0 Å². The Bertz CT molecular complexity index is 609. The third-order valence-corrected chi connectivity index (χ3v) is 4.71. The molecule has 0 aliphatic heterocycles. The van der Waals surface area contributed by atoms with E-state index in [1.165, 1.54) is 0 Å². The number of halogens is 1. The number of rotatable bonds is 6. The molecular formula is C17H22FNOS. The molecule has 114 valence electrons. The molecule has 0 radical (unpaired) electrons. The van der Waals surface area contributed by atoms with Gasteiger partial charge in [-0.1, -0.05) is 18.7 Å². The lowest BCUT2D eigenvalue weighted by molar-refractivity contribution is 0.526. The predicted molar refractivity (Wildman–Crippen MR) is 85.4 cm³/mol. The van der Waals surface area contributed by atoms with Crippen molar-refractivity contribution >= 4 is 11.8 Å². The Labute approximate surface area is 130 Å². The number of aryl methyl sites for hydroxylation is 2. The van der Waals surface area contributed by atoms with Crippen molar-refractivity contribution in [1.82, 2.24) is 5.32 Å². The van der Waals surface area contributed by atoms with Crippen LogP contribution in [0.4, 0.5) is 4.39 Å². The van der Waals surface area contributed by atoms with Crippen LogP contribution in [0.2, 0.25) is 0 Å². The smallest absolute Gasteiger partial charge is 0.126 e. The molecule has 21 heavy (non-hydrogen) atoms. The number of hydrogen-bond acceptors (Lipinski definition) is 3. The molecule has 0 spiro atoms. The van der Waals surface area contributed by atoms with E-state index in [9.17, 15) is 4.39 Å². The molecule has 0 fully saturated rings. The lowest BCUT2D eigenvalue weighted by atomic mass is 10.1. The van der Waals surface area contributed by atoms with E-state index in [1.807, 2.05) is 19.1 Å². The fourth-order valence-corrected chi connectivity index (χ4v) is 3.31. The van der Waals surface area contributed by atoms with Gasteiger partial charge >= 0.3 is 0 Å². The summed E-state index contributed by atoms with van der Waals surface area (Å²) < 4.78 is 19.3. The molecule has 4 heteroatoms. The first-order chi connectivity index (χ1) is 10.0. The molecule has 1 aromatic carbocycles. The van der Waals surface area contributed by atoms with E-state index < -0.39 is 0 Å². The van der Waals surface area contributed by atoms with Crippen LogP contribution in [0.3, 0.4) is 0 Å². The minimum absolute atomic E-state index is 0.120. The second-order valence-electron chi connectivity index (χ2n) is 5.26. The summed E-state index contributed by atoms with van der Waals surface area (Å²) in [6.45, 7) is 8.87. The molecule has 0 saturated heterocycles. The van der Waals surface area contributed by atoms with Gasteiger partial charge in [-0.2, -0.15) is 0 Å². The molecule has 2 aromatic rings. The van der Waals surface area contributed by atoms with Crippen LogP contribution in [0.25, 0.3) is 0 Å². The third kappa shape index (κ3) is 3.89. The van der Waals surface area contributed by atoms with Crippen LogP contribution in [0.15, 0.2) is 38.7 Å². The summed E-state index contributed by atoms with van der Waals surface area (Å²) in [5, 5.41) is 3.43. The van der Waals surface area contributed by atoms with Gasteiger partial charge in [-0.3, -0.25) is 0 Å². The van der Waals surface area contributed by atoms with E-state index in [-0.39, 0.29) is 11.9 Å². The first-order valence-corrected chi connectivity index (χ1v) is 8.10. The zero-order valence-corrected chi connectivity index (χ0v) is 13.8. The van der Waals surface area contributed by atoms with Crippen molar-refractivity contribution in [2.45, 2.75) is 49.9 Å². The fraction of sp³-hybridized carbons (Fsp3) is 0.412. The van der Waals surface area contributed by atoms with Crippen molar-refractivity contribution in [3.05, 3.63) is 47.2 Å². The highest BCUT2D eigenvalue weighted by Gasteiger charge is 2.15. The standard InChI is InChI=1S/C17H22FNOS/c1-5-7-19-12(3)14-10-15(18)11(2)9-17(14)21-16-6-8-20-13(16)4/h6,8-10,12,19H,5,7H2,1-4H3. The number of benzene rings is 1. The van der Waals surface area contributed by atoms with Gasteiger partial charge in [-0.05, 0) is 63.1 Å². The molecular weight excluding hydrogens is 285 g/mol. The van der Waals surface area contributed by atoms with Crippen LogP contribution >= 0.6 is 11.8 Å². The van der Waals surface area contributed by atoms with Gasteiger partial charge in [-0.25, -0.2) is 4.39 Å². The van der Waals surface area contributed by atoms with Crippen LogP contribution < -0.4 is 5.32 Å². The summed E-state index contributed by atoms with van der Waals surface area (Å²) in [4.78, 5) is 2.15. The van der Waals surface area contributed by atoms with Crippen LogP contribution in [-0.2, 0) is 0 Å². The minimum atomic E-state index is -0.150. The van der Waals surface area contributed by atoms with Crippen molar-refractivity contribution in [3.63, 3.8) is 0 Å². The zero-order chi connectivity index (χ0) is 15.4. The molecule has 1 heterocycles. The maximum atomic E-state index is 13.9. The van der Waals surface area contributed by atoms with Crippen molar-refractivity contribution in [2.24, 2.45) is 0 Å². The Balaban J connectivity index is 2.33. The summed E-state index contributed by atoms with van der Waals surface area (Å²) in [6, 6.07) is 5.65. The molecule has 2 rings (SSSR count). The molecule has 2 nitrogen and oxygen atoms in total. The maximum Gasteiger partial charge on any atom is 0.126 e. The summed E-state index contributed by atoms with van der Waals surface area (Å²) >= 11 is 1.63. The van der Waals surface area contributed by atoms with Gasteiger partial charge in [0, 0.05) is 10.9 Å². The van der Waals surface area contributed by atoms with E-state index in [4.69, 9.17) is 4.42 Å². The zero-order valence-electron chi connectivity index (χ0n) is 13.0. The van der Waals surface area contributed by atoms with E-state index in [2.05, 4.69) is 19.2 Å². The van der Waals surface area contributed by atoms with Gasteiger partial charge < -0.3 is 9.73 Å². The molecule has 0 aliphatic carbocycles. The number of nitrogens with one attached hydrogen (secondary N) is 1. The average molecular weight is 307 g/mol. The summed E-state index contributed by atoms with van der Waals surface area (Å²) in [7, 11) is 0. The van der Waals surface area contributed by atoms with E-state index in [0.717, 1.165) is 34.1 Å². The number of hydrogen-bond donors (Lipinski definition) is 1. The van der Waals surface area contributed by atoms with Gasteiger partial charge in [0.25, 0.3) is 0 Å². The Kier molecular flexibility index (Phi) is 5.48. The van der Waals surface area contributed by atoms with Gasteiger partial charge in [0.05, 0.1) is 11.2 Å². The topological polar surface area (TPSA) is 25.2 Å². The summed E-state index contributed by atoms with van der Waals surface area (Å²) in [5.41, 5.74) is 1.67. The molecule has 0 saturated carbocycles. The molecule has 1 unspecified atom stereocenters. The van der Waals surface area contributed by atoms with Crippen LogP contribution in [-0.4, -0.2) is 6.54 Å².